The van der Waals surface area contributed by atoms with Gasteiger partial charge >= 0.3 is 6.03 Å². The van der Waals surface area contributed by atoms with E-state index in [0.29, 0.717) is 16.9 Å². The minimum absolute atomic E-state index is 0.0527. The fourth-order valence-corrected chi connectivity index (χ4v) is 3.88. The number of nitrogens with one attached hydrogen (secondary N) is 1. The number of benzene rings is 2. The third kappa shape index (κ3) is 3.88. The van der Waals surface area contributed by atoms with Gasteiger partial charge in [0.15, 0.2) is 0 Å². The Hall–Kier alpha value is -2.77. The molecule has 1 fully saturated rings. The Labute approximate surface area is 165 Å². The number of halogens is 4. The standard InChI is InChI=1S/C21H20F4N2O2/c22-14-5-2-6-15(23)18(14)13-4-1-7-17-19(13)16(12-29-17)26-20(28)27-10-3-8-21(24,25)9-11-27/h1-2,4-7,16H,3,8-12H2,(H,26,28)/t16-/m1/s1. The van der Waals surface area contributed by atoms with Crippen LogP contribution in [0.15, 0.2) is 36.4 Å². The molecule has 154 valence electrons. The number of carbonyl (C=O) groups is 1. The van der Waals surface area contributed by atoms with E-state index in [1.54, 1.807) is 18.2 Å². The zero-order valence-electron chi connectivity index (χ0n) is 15.6. The molecule has 2 aromatic carbocycles. The van der Waals surface area contributed by atoms with Crippen molar-refractivity contribution in [1.82, 2.24) is 10.2 Å². The van der Waals surface area contributed by atoms with Crippen molar-refractivity contribution in [2.45, 2.75) is 31.2 Å². The van der Waals surface area contributed by atoms with E-state index < -0.39 is 29.6 Å². The molecule has 2 aliphatic heterocycles. The Morgan fingerprint density at radius 2 is 1.79 bits per heavy atom. The highest BCUT2D eigenvalue weighted by Crippen LogP contribution is 2.41. The molecule has 0 unspecified atom stereocenters. The van der Waals surface area contributed by atoms with Gasteiger partial charge in [0.1, 0.15) is 24.0 Å². The number of alkyl halides is 2. The first-order valence-corrected chi connectivity index (χ1v) is 9.49. The molecule has 0 bridgehead atoms. The SMILES string of the molecule is O=C(N[C@@H]1COc2cccc(-c3c(F)cccc3F)c21)N1CCCC(F)(F)CC1. The van der Waals surface area contributed by atoms with Crippen molar-refractivity contribution in [3.8, 4) is 16.9 Å². The number of ether oxygens (including phenoxy) is 1. The van der Waals surface area contributed by atoms with Crippen LogP contribution in [0.3, 0.4) is 0 Å². The summed E-state index contributed by atoms with van der Waals surface area (Å²) in [5, 5.41) is 2.78. The summed E-state index contributed by atoms with van der Waals surface area (Å²) in [4.78, 5) is 14.0. The van der Waals surface area contributed by atoms with Gasteiger partial charge < -0.3 is 15.0 Å². The molecule has 0 radical (unpaired) electrons. The first-order chi connectivity index (χ1) is 13.9. The van der Waals surface area contributed by atoms with Crippen molar-refractivity contribution >= 4 is 6.03 Å². The predicted octanol–water partition coefficient (Wildman–Crippen LogP) is 4.90. The molecule has 29 heavy (non-hydrogen) atoms. The maximum absolute atomic E-state index is 14.4. The Morgan fingerprint density at radius 3 is 2.55 bits per heavy atom. The second kappa shape index (κ2) is 7.57. The number of nitrogens with zero attached hydrogens (tertiary/aromatic N) is 1. The summed E-state index contributed by atoms with van der Waals surface area (Å²) >= 11 is 0. The zero-order valence-corrected chi connectivity index (χ0v) is 15.6. The molecule has 8 heteroatoms. The monoisotopic (exact) mass is 408 g/mol. The van der Waals surface area contributed by atoms with Gasteiger partial charge in [-0.2, -0.15) is 0 Å². The fourth-order valence-electron chi connectivity index (χ4n) is 3.88. The highest BCUT2D eigenvalue weighted by molar-refractivity contribution is 5.78. The summed E-state index contributed by atoms with van der Waals surface area (Å²) in [5.41, 5.74) is 0.580. The van der Waals surface area contributed by atoms with Crippen molar-refractivity contribution in [3.05, 3.63) is 53.6 Å². The maximum atomic E-state index is 14.4. The molecule has 2 aromatic rings. The number of urea groups is 1. The van der Waals surface area contributed by atoms with Gasteiger partial charge in [0.05, 0.1) is 11.6 Å². The molecule has 2 heterocycles. The van der Waals surface area contributed by atoms with Gasteiger partial charge in [-0.15, -0.1) is 0 Å². The number of fused-ring (bicyclic) bond motifs is 1. The summed E-state index contributed by atoms with van der Waals surface area (Å²) in [6.07, 6.45) is -0.420. The first kappa shape index (κ1) is 19.5. The third-order valence-corrected chi connectivity index (χ3v) is 5.36. The van der Waals surface area contributed by atoms with Crippen LogP contribution in [0.5, 0.6) is 5.75 Å². The van der Waals surface area contributed by atoms with Crippen molar-refractivity contribution in [3.63, 3.8) is 0 Å². The lowest BCUT2D eigenvalue weighted by molar-refractivity contribution is -0.0122. The van der Waals surface area contributed by atoms with Crippen molar-refractivity contribution in [2.75, 3.05) is 19.7 Å². The summed E-state index contributed by atoms with van der Waals surface area (Å²) in [7, 11) is 0. The van der Waals surface area contributed by atoms with Crippen LogP contribution in [0.2, 0.25) is 0 Å². The average molecular weight is 408 g/mol. The van der Waals surface area contributed by atoms with Crippen LogP contribution in [0.4, 0.5) is 22.4 Å². The Balaban J connectivity index is 1.60. The Bertz CT molecular complexity index is 915. The number of likely N-dealkylation sites (tertiary alicyclic amines) is 1. The minimum atomic E-state index is -2.77. The number of amides is 2. The molecule has 1 N–H and O–H groups in total. The van der Waals surface area contributed by atoms with E-state index in [2.05, 4.69) is 5.32 Å². The lowest BCUT2D eigenvalue weighted by Crippen LogP contribution is -2.42. The first-order valence-electron chi connectivity index (χ1n) is 9.49. The highest BCUT2D eigenvalue weighted by atomic mass is 19.3. The Kier molecular flexibility index (Phi) is 5.10. The highest BCUT2D eigenvalue weighted by Gasteiger charge is 2.35. The lowest BCUT2D eigenvalue weighted by Gasteiger charge is -2.24. The molecular formula is C21H20F4N2O2. The fraction of sp³-hybridized carbons (Fsp3) is 0.381. The minimum Gasteiger partial charge on any atom is -0.491 e. The number of hydrogen-bond donors (Lipinski definition) is 1. The summed E-state index contributed by atoms with van der Waals surface area (Å²) in [6, 6.07) is 7.33. The zero-order chi connectivity index (χ0) is 20.6. The summed E-state index contributed by atoms with van der Waals surface area (Å²) < 4.78 is 61.5. The van der Waals surface area contributed by atoms with Crippen LogP contribution in [-0.4, -0.2) is 36.5 Å². The van der Waals surface area contributed by atoms with E-state index in [-0.39, 0.29) is 44.5 Å². The molecule has 1 saturated heterocycles. The molecular weight excluding hydrogens is 388 g/mol. The quantitative estimate of drug-likeness (QED) is 0.719. The van der Waals surface area contributed by atoms with Crippen LogP contribution in [0.1, 0.15) is 30.9 Å². The van der Waals surface area contributed by atoms with Crippen LogP contribution in [-0.2, 0) is 0 Å². The molecule has 4 nitrogen and oxygen atoms in total. The summed E-state index contributed by atoms with van der Waals surface area (Å²) in [5.74, 6) is -3.78. The van der Waals surface area contributed by atoms with E-state index in [1.165, 1.54) is 23.1 Å². The Morgan fingerprint density at radius 1 is 1.07 bits per heavy atom. The van der Waals surface area contributed by atoms with Crippen LogP contribution < -0.4 is 10.1 Å². The molecule has 2 amide bonds. The van der Waals surface area contributed by atoms with Crippen molar-refractivity contribution in [1.29, 1.82) is 0 Å². The van der Waals surface area contributed by atoms with Crippen molar-refractivity contribution in [2.24, 2.45) is 0 Å². The molecule has 1 atom stereocenters. The summed E-state index contributed by atoms with van der Waals surface area (Å²) in [6.45, 7) is 0.270. The van der Waals surface area contributed by atoms with Crippen LogP contribution in [0.25, 0.3) is 11.1 Å². The third-order valence-electron chi connectivity index (χ3n) is 5.36. The van der Waals surface area contributed by atoms with E-state index in [9.17, 15) is 22.4 Å². The van der Waals surface area contributed by atoms with Crippen LogP contribution in [0, 0.1) is 11.6 Å². The molecule has 0 saturated carbocycles. The number of hydrogen-bond acceptors (Lipinski definition) is 2. The predicted molar refractivity (Wildman–Crippen MR) is 98.9 cm³/mol. The van der Waals surface area contributed by atoms with Gasteiger partial charge in [-0.1, -0.05) is 18.2 Å². The largest absolute Gasteiger partial charge is 0.491 e. The van der Waals surface area contributed by atoms with Gasteiger partial charge in [0.2, 0.25) is 5.92 Å². The van der Waals surface area contributed by atoms with E-state index in [0.717, 1.165) is 0 Å². The van der Waals surface area contributed by atoms with Gasteiger partial charge in [0, 0.05) is 31.5 Å². The molecule has 0 aromatic heterocycles. The normalized spacial score (nSPS) is 20.6. The molecule has 0 aliphatic carbocycles. The van der Waals surface area contributed by atoms with E-state index in [4.69, 9.17) is 4.74 Å². The number of carbonyl (C=O) groups excluding carboxylic acids is 1. The molecule has 0 spiro atoms. The van der Waals surface area contributed by atoms with Gasteiger partial charge in [-0.3, -0.25) is 0 Å². The van der Waals surface area contributed by atoms with Crippen LogP contribution >= 0.6 is 0 Å². The second-order valence-corrected chi connectivity index (χ2v) is 7.32. The molecule has 2 aliphatic rings. The number of rotatable bonds is 2. The van der Waals surface area contributed by atoms with Crippen molar-refractivity contribution < 1.29 is 27.1 Å². The van der Waals surface area contributed by atoms with E-state index in [1.807, 2.05) is 0 Å². The molecule has 4 rings (SSSR count). The lowest BCUT2D eigenvalue weighted by atomic mass is 9.94. The van der Waals surface area contributed by atoms with Gasteiger partial charge in [-0.25, -0.2) is 22.4 Å². The maximum Gasteiger partial charge on any atom is 0.318 e. The topological polar surface area (TPSA) is 41.6 Å². The smallest absolute Gasteiger partial charge is 0.318 e. The van der Waals surface area contributed by atoms with Gasteiger partial charge in [-0.05, 0) is 30.2 Å². The van der Waals surface area contributed by atoms with E-state index >= 15 is 0 Å². The van der Waals surface area contributed by atoms with Gasteiger partial charge in [0.25, 0.3) is 0 Å². The second-order valence-electron chi connectivity index (χ2n) is 7.32. The average Bonchev–Trinajstić information content (AvgIpc) is 2.98.